The largest absolute Gasteiger partial charge is 0.467 e. The Bertz CT molecular complexity index is 350. The van der Waals surface area contributed by atoms with E-state index in [9.17, 15) is 18.0 Å². The molecule has 7 nitrogen and oxygen atoms in total. The molecule has 0 unspecified atom stereocenters. The van der Waals surface area contributed by atoms with Gasteiger partial charge in [-0.1, -0.05) is 0 Å². The van der Waals surface area contributed by atoms with E-state index in [4.69, 9.17) is 0 Å². The molecule has 0 saturated heterocycles. The summed E-state index contributed by atoms with van der Waals surface area (Å²) >= 11 is 0. The van der Waals surface area contributed by atoms with Crippen molar-refractivity contribution in [2.45, 2.75) is 19.4 Å². The number of methoxy groups -OCH3 is 1. The van der Waals surface area contributed by atoms with Crippen molar-refractivity contribution >= 4 is 22.0 Å². The minimum atomic E-state index is -3.55. The third-order valence-electron chi connectivity index (χ3n) is 1.57. The fraction of sp³-hybridized carbons (Fsp3) is 0.750. The summed E-state index contributed by atoms with van der Waals surface area (Å²) in [5, 5.41) is 2.33. The molecule has 8 heteroatoms. The van der Waals surface area contributed by atoms with Gasteiger partial charge in [-0.25, -0.2) is 4.79 Å². The lowest BCUT2D eigenvalue weighted by Gasteiger charge is -2.14. The Morgan fingerprint density at radius 2 is 1.94 bits per heavy atom. The normalized spacial score (nSPS) is 12.9. The van der Waals surface area contributed by atoms with Crippen LogP contribution in [0.15, 0.2) is 0 Å². The molecule has 0 aliphatic carbocycles. The Kier molecular flexibility index (Phi) is 5.97. The molecule has 1 atom stereocenters. The van der Waals surface area contributed by atoms with Gasteiger partial charge in [0.2, 0.25) is 5.91 Å². The van der Waals surface area contributed by atoms with Crippen LogP contribution in [0.25, 0.3) is 0 Å². The molecular weight excluding hydrogens is 238 g/mol. The summed E-state index contributed by atoms with van der Waals surface area (Å²) in [6.45, 7) is 1.05. The first-order valence-electron chi connectivity index (χ1n) is 4.45. The van der Waals surface area contributed by atoms with Gasteiger partial charge in [0.25, 0.3) is 10.1 Å². The van der Waals surface area contributed by atoms with Gasteiger partial charge in [-0.3, -0.25) is 8.98 Å². The summed E-state index contributed by atoms with van der Waals surface area (Å²) in [5.74, 6) is -1.05. The summed E-state index contributed by atoms with van der Waals surface area (Å²) in [7, 11) is -2.37. The number of esters is 1. The van der Waals surface area contributed by atoms with Crippen LogP contribution in [0, 0.1) is 0 Å². The molecule has 0 aromatic carbocycles. The maximum atomic E-state index is 11.2. The third-order valence-corrected chi connectivity index (χ3v) is 2.16. The van der Waals surface area contributed by atoms with Gasteiger partial charge >= 0.3 is 5.97 Å². The first kappa shape index (κ1) is 14.8. The van der Waals surface area contributed by atoms with E-state index in [2.05, 4.69) is 14.2 Å². The number of carbonyl (C=O) groups is 2. The Morgan fingerprint density at radius 1 is 1.38 bits per heavy atom. The van der Waals surface area contributed by atoms with Gasteiger partial charge in [-0.15, -0.1) is 0 Å². The first-order valence-corrected chi connectivity index (χ1v) is 6.27. The van der Waals surface area contributed by atoms with Crippen molar-refractivity contribution < 1.29 is 26.9 Å². The van der Waals surface area contributed by atoms with Crippen LogP contribution in [0.3, 0.4) is 0 Å². The molecule has 0 saturated carbocycles. The molecule has 0 bridgehead atoms. The molecule has 0 aliphatic heterocycles. The van der Waals surface area contributed by atoms with Gasteiger partial charge < -0.3 is 10.1 Å². The van der Waals surface area contributed by atoms with E-state index in [1.54, 1.807) is 0 Å². The van der Waals surface area contributed by atoms with E-state index >= 15 is 0 Å². The molecule has 1 amide bonds. The second kappa shape index (κ2) is 6.44. The highest BCUT2D eigenvalue weighted by Crippen LogP contribution is 1.98. The molecule has 0 fully saturated rings. The third kappa shape index (κ3) is 7.18. The monoisotopic (exact) mass is 253 g/mol. The highest BCUT2D eigenvalue weighted by molar-refractivity contribution is 7.85. The number of nitrogens with one attached hydrogen (secondary N) is 1. The SMILES string of the molecule is COC(=O)[C@H](CCOS(C)(=O)=O)NC(C)=O. The molecular formula is C8H15NO6S. The topological polar surface area (TPSA) is 98.8 Å². The van der Waals surface area contributed by atoms with Crippen LogP contribution in [-0.2, 0) is 28.6 Å². The van der Waals surface area contributed by atoms with E-state index in [1.807, 2.05) is 0 Å². The Hall–Kier alpha value is -1.15. The van der Waals surface area contributed by atoms with Crippen LogP contribution in [0.1, 0.15) is 13.3 Å². The maximum absolute atomic E-state index is 11.2. The Morgan fingerprint density at radius 3 is 2.31 bits per heavy atom. The smallest absolute Gasteiger partial charge is 0.328 e. The van der Waals surface area contributed by atoms with Crippen LogP contribution in [0.2, 0.25) is 0 Å². The van der Waals surface area contributed by atoms with Crippen molar-refractivity contribution in [3.05, 3.63) is 0 Å². The van der Waals surface area contributed by atoms with Gasteiger partial charge in [-0.05, 0) is 0 Å². The van der Waals surface area contributed by atoms with E-state index in [-0.39, 0.29) is 13.0 Å². The van der Waals surface area contributed by atoms with Gasteiger partial charge in [0.1, 0.15) is 6.04 Å². The first-order chi connectivity index (χ1) is 7.26. The predicted octanol–water partition coefficient (Wildman–Crippen LogP) is -0.970. The minimum absolute atomic E-state index is 0.0271. The fourth-order valence-corrected chi connectivity index (χ4v) is 1.35. The van der Waals surface area contributed by atoms with Crippen molar-refractivity contribution in [3.63, 3.8) is 0 Å². The van der Waals surface area contributed by atoms with Crippen molar-refractivity contribution in [3.8, 4) is 0 Å². The van der Waals surface area contributed by atoms with Crippen molar-refractivity contribution in [2.24, 2.45) is 0 Å². The lowest BCUT2D eigenvalue weighted by atomic mass is 10.2. The molecule has 16 heavy (non-hydrogen) atoms. The minimum Gasteiger partial charge on any atom is -0.467 e. The van der Waals surface area contributed by atoms with Crippen molar-refractivity contribution in [1.82, 2.24) is 5.32 Å². The number of rotatable bonds is 6. The molecule has 0 heterocycles. The number of carbonyl (C=O) groups excluding carboxylic acids is 2. The van der Waals surface area contributed by atoms with Crippen LogP contribution >= 0.6 is 0 Å². The standard InChI is InChI=1S/C8H15NO6S/c1-6(10)9-7(8(11)14-2)4-5-15-16(3,12)13/h7H,4-5H2,1-3H3,(H,9,10)/t7-/m0/s1. The average Bonchev–Trinajstić information content (AvgIpc) is 2.12. The zero-order valence-corrected chi connectivity index (χ0v) is 10.2. The average molecular weight is 253 g/mol. The van der Waals surface area contributed by atoms with E-state index < -0.39 is 28.0 Å². The number of hydrogen-bond acceptors (Lipinski definition) is 6. The van der Waals surface area contributed by atoms with Crippen LogP contribution in [-0.4, -0.2) is 46.3 Å². The molecule has 0 aromatic rings. The summed E-state index contributed by atoms with van der Waals surface area (Å²) in [6.07, 6.45) is 0.928. The summed E-state index contributed by atoms with van der Waals surface area (Å²) in [6, 6.07) is -0.899. The fourth-order valence-electron chi connectivity index (χ4n) is 0.954. The van der Waals surface area contributed by atoms with Crippen LogP contribution < -0.4 is 5.32 Å². The van der Waals surface area contributed by atoms with Crippen LogP contribution in [0.4, 0.5) is 0 Å². The predicted molar refractivity (Wildman–Crippen MR) is 55.0 cm³/mol. The number of amides is 1. The second-order valence-electron chi connectivity index (χ2n) is 3.09. The van der Waals surface area contributed by atoms with E-state index in [0.717, 1.165) is 6.26 Å². The van der Waals surface area contributed by atoms with Crippen molar-refractivity contribution in [2.75, 3.05) is 20.0 Å². The van der Waals surface area contributed by atoms with Crippen molar-refractivity contribution in [1.29, 1.82) is 0 Å². The lowest BCUT2D eigenvalue weighted by Crippen LogP contribution is -2.41. The molecule has 0 rings (SSSR count). The lowest BCUT2D eigenvalue weighted by molar-refractivity contribution is -0.145. The van der Waals surface area contributed by atoms with E-state index in [1.165, 1.54) is 14.0 Å². The molecule has 94 valence electrons. The zero-order chi connectivity index (χ0) is 12.8. The number of hydrogen-bond donors (Lipinski definition) is 1. The Balaban J connectivity index is 4.22. The van der Waals surface area contributed by atoms with Crippen LogP contribution in [0.5, 0.6) is 0 Å². The van der Waals surface area contributed by atoms with Gasteiger partial charge in [0.05, 0.1) is 20.0 Å². The van der Waals surface area contributed by atoms with Gasteiger partial charge in [0.15, 0.2) is 0 Å². The molecule has 0 aromatic heterocycles. The van der Waals surface area contributed by atoms with Gasteiger partial charge in [-0.2, -0.15) is 8.42 Å². The summed E-state index contributed by atoms with van der Waals surface area (Å²) in [5.41, 5.74) is 0. The quantitative estimate of drug-likeness (QED) is 0.483. The maximum Gasteiger partial charge on any atom is 0.328 e. The molecule has 0 spiro atoms. The Labute approximate surface area is 94.2 Å². The number of ether oxygens (including phenoxy) is 1. The highest BCUT2D eigenvalue weighted by atomic mass is 32.2. The summed E-state index contributed by atoms with van der Waals surface area (Å²) in [4.78, 5) is 21.9. The zero-order valence-electron chi connectivity index (χ0n) is 9.35. The second-order valence-corrected chi connectivity index (χ2v) is 4.73. The molecule has 0 radical (unpaired) electrons. The van der Waals surface area contributed by atoms with Gasteiger partial charge in [0, 0.05) is 13.3 Å². The highest BCUT2D eigenvalue weighted by Gasteiger charge is 2.20. The summed E-state index contributed by atoms with van der Waals surface area (Å²) < 4.78 is 30.2. The molecule has 1 N–H and O–H groups in total. The molecule has 0 aliphatic rings. The van der Waals surface area contributed by atoms with E-state index in [0.29, 0.717) is 0 Å².